The third-order valence-electron chi connectivity index (χ3n) is 3.47. The van der Waals surface area contributed by atoms with E-state index in [1.54, 1.807) is 4.68 Å². The average Bonchev–Trinajstić information content (AvgIpc) is 3.02. The molecule has 0 bridgehead atoms. The number of nitrogens with zero attached hydrogens (tertiary/aromatic N) is 4. The minimum atomic E-state index is 0.308. The average molecular weight is 338 g/mol. The van der Waals surface area contributed by atoms with E-state index in [2.05, 4.69) is 28.3 Å². The fraction of sp³-hybridized carbons (Fsp3) is 0.167. The Hall–Kier alpha value is -2.60. The highest BCUT2D eigenvalue weighted by Crippen LogP contribution is 2.16. The second kappa shape index (κ2) is 7.79. The maximum Gasteiger partial charge on any atom is 0.211 e. The maximum atomic E-state index is 5.76. The number of hydrogen-bond acceptors (Lipinski definition) is 5. The third-order valence-corrected chi connectivity index (χ3v) is 4.09. The van der Waals surface area contributed by atoms with E-state index in [0.29, 0.717) is 12.4 Å². The summed E-state index contributed by atoms with van der Waals surface area (Å²) in [7, 11) is 0. The molecule has 0 radical (unpaired) electrons. The van der Waals surface area contributed by atoms with Gasteiger partial charge in [-0.2, -0.15) is 9.78 Å². The predicted molar refractivity (Wildman–Crippen MR) is 96.7 cm³/mol. The second-order valence-corrected chi connectivity index (χ2v) is 5.89. The lowest BCUT2D eigenvalue weighted by Crippen LogP contribution is -2.05. The minimum Gasteiger partial charge on any atom is -0.486 e. The molecular weight excluding hydrogens is 320 g/mol. The molecule has 0 amide bonds. The smallest absolute Gasteiger partial charge is 0.211 e. The molecule has 24 heavy (non-hydrogen) atoms. The highest BCUT2D eigenvalue weighted by atomic mass is 32.2. The van der Waals surface area contributed by atoms with Gasteiger partial charge in [-0.1, -0.05) is 54.2 Å². The first-order chi connectivity index (χ1) is 11.8. The molecule has 0 saturated heterocycles. The highest BCUT2D eigenvalue weighted by Gasteiger charge is 2.11. The molecule has 0 fully saturated rings. The summed E-state index contributed by atoms with van der Waals surface area (Å²) in [6.07, 6.45) is 3.77. The lowest BCUT2D eigenvalue weighted by Gasteiger charge is -2.06. The molecule has 0 atom stereocenters. The number of aryl methyl sites for hydroxylation is 1. The van der Waals surface area contributed by atoms with E-state index in [9.17, 15) is 0 Å². The summed E-state index contributed by atoms with van der Waals surface area (Å²) in [6.45, 7) is 2.37. The molecule has 0 aliphatic heterocycles. The van der Waals surface area contributed by atoms with Crippen molar-refractivity contribution in [2.45, 2.75) is 18.7 Å². The van der Waals surface area contributed by atoms with Gasteiger partial charge in [-0.05, 0) is 36.4 Å². The van der Waals surface area contributed by atoms with Crippen LogP contribution in [0.5, 0.6) is 5.75 Å². The van der Waals surface area contributed by atoms with Crippen LogP contribution in [0.25, 0.3) is 0 Å². The van der Waals surface area contributed by atoms with E-state index in [1.165, 1.54) is 17.3 Å². The van der Waals surface area contributed by atoms with Crippen LogP contribution in [0, 0.1) is 6.92 Å². The first-order valence-electron chi connectivity index (χ1n) is 7.54. The van der Waals surface area contributed by atoms with Crippen molar-refractivity contribution in [2.24, 2.45) is 5.10 Å². The largest absolute Gasteiger partial charge is 0.486 e. The lowest BCUT2D eigenvalue weighted by atomic mass is 10.1. The SMILES string of the molecule is CSc1nnc(COc2ccccc2)n1/N=C\c1ccccc1C. The van der Waals surface area contributed by atoms with Gasteiger partial charge in [-0.15, -0.1) is 10.2 Å². The molecule has 1 heterocycles. The van der Waals surface area contributed by atoms with Crippen molar-refractivity contribution in [3.63, 3.8) is 0 Å². The minimum absolute atomic E-state index is 0.308. The number of benzene rings is 2. The molecule has 0 aliphatic rings. The Morgan fingerprint density at radius 2 is 1.83 bits per heavy atom. The number of rotatable bonds is 6. The first kappa shape index (κ1) is 16.3. The summed E-state index contributed by atoms with van der Waals surface area (Å²) in [5, 5.41) is 13.6. The first-order valence-corrected chi connectivity index (χ1v) is 8.76. The zero-order valence-corrected chi connectivity index (χ0v) is 14.4. The van der Waals surface area contributed by atoms with Crippen molar-refractivity contribution < 1.29 is 4.74 Å². The Kier molecular flexibility index (Phi) is 5.28. The molecule has 0 saturated carbocycles. The van der Waals surface area contributed by atoms with E-state index in [1.807, 2.05) is 61.0 Å². The molecule has 0 spiro atoms. The molecule has 122 valence electrons. The summed E-state index contributed by atoms with van der Waals surface area (Å²) < 4.78 is 7.48. The fourth-order valence-corrected chi connectivity index (χ4v) is 2.59. The summed E-state index contributed by atoms with van der Waals surface area (Å²) in [6, 6.07) is 17.7. The molecule has 1 aromatic heterocycles. The Bertz CT molecular complexity index is 830. The van der Waals surface area contributed by atoms with Crippen LogP contribution >= 0.6 is 11.8 Å². The normalized spacial score (nSPS) is 11.1. The quantitative estimate of drug-likeness (QED) is 0.507. The lowest BCUT2D eigenvalue weighted by molar-refractivity contribution is 0.290. The van der Waals surface area contributed by atoms with Crippen LogP contribution < -0.4 is 4.74 Å². The van der Waals surface area contributed by atoms with Gasteiger partial charge in [0.2, 0.25) is 5.16 Å². The number of aromatic nitrogens is 3. The Morgan fingerprint density at radius 3 is 2.58 bits per heavy atom. The third kappa shape index (κ3) is 3.83. The van der Waals surface area contributed by atoms with Crippen LogP contribution in [-0.4, -0.2) is 27.3 Å². The van der Waals surface area contributed by atoms with Gasteiger partial charge in [-0.3, -0.25) is 0 Å². The number of ether oxygens (including phenoxy) is 1. The van der Waals surface area contributed by atoms with Gasteiger partial charge in [0.1, 0.15) is 12.4 Å². The van der Waals surface area contributed by atoms with Crippen molar-refractivity contribution in [1.29, 1.82) is 0 Å². The number of thioether (sulfide) groups is 1. The molecule has 3 rings (SSSR count). The monoisotopic (exact) mass is 338 g/mol. The van der Waals surface area contributed by atoms with Gasteiger partial charge >= 0.3 is 0 Å². The number of hydrogen-bond donors (Lipinski definition) is 0. The van der Waals surface area contributed by atoms with Crippen LogP contribution in [-0.2, 0) is 6.61 Å². The van der Waals surface area contributed by atoms with E-state index in [0.717, 1.165) is 16.5 Å². The molecule has 5 nitrogen and oxygen atoms in total. The van der Waals surface area contributed by atoms with Gasteiger partial charge in [0.15, 0.2) is 5.82 Å². The zero-order chi connectivity index (χ0) is 16.8. The van der Waals surface area contributed by atoms with Gasteiger partial charge in [-0.25, -0.2) is 0 Å². The second-order valence-electron chi connectivity index (χ2n) is 5.12. The zero-order valence-electron chi connectivity index (χ0n) is 13.6. The van der Waals surface area contributed by atoms with Crippen LogP contribution in [0.2, 0.25) is 0 Å². The van der Waals surface area contributed by atoms with Crippen molar-refractivity contribution in [2.75, 3.05) is 6.26 Å². The summed E-state index contributed by atoms with van der Waals surface area (Å²) >= 11 is 1.50. The van der Waals surface area contributed by atoms with Gasteiger partial charge in [0.05, 0.1) is 6.21 Å². The van der Waals surface area contributed by atoms with Crippen molar-refractivity contribution in [3.05, 3.63) is 71.5 Å². The molecule has 0 N–H and O–H groups in total. The van der Waals surface area contributed by atoms with E-state index in [-0.39, 0.29) is 0 Å². The molecule has 6 heteroatoms. The van der Waals surface area contributed by atoms with Gasteiger partial charge < -0.3 is 4.74 Å². The highest BCUT2D eigenvalue weighted by molar-refractivity contribution is 7.98. The fourth-order valence-electron chi connectivity index (χ4n) is 2.15. The van der Waals surface area contributed by atoms with Gasteiger partial charge in [0, 0.05) is 0 Å². The molecule has 3 aromatic rings. The van der Waals surface area contributed by atoms with Gasteiger partial charge in [0.25, 0.3) is 0 Å². The maximum absolute atomic E-state index is 5.76. The molecule has 0 aliphatic carbocycles. The van der Waals surface area contributed by atoms with E-state index in [4.69, 9.17) is 4.74 Å². The Morgan fingerprint density at radius 1 is 1.08 bits per heavy atom. The predicted octanol–water partition coefficient (Wildman–Crippen LogP) is 3.77. The summed E-state index contributed by atoms with van der Waals surface area (Å²) in [5.74, 6) is 1.45. The number of para-hydroxylation sites is 1. The van der Waals surface area contributed by atoms with E-state index >= 15 is 0 Å². The molecular formula is C18H18N4OS. The topological polar surface area (TPSA) is 52.3 Å². The van der Waals surface area contributed by atoms with Crippen LogP contribution in [0.15, 0.2) is 64.9 Å². The Balaban J connectivity index is 1.81. The standard InChI is InChI=1S/C18H18N4OS/c1-14-8-6-7-9-15(14)12-19-22-17(20-21-18(22)24-2)13-23-16-10-4-3-5-11-16/h3-12H,13H2,1-2H3/b19-12-. The van der Waals surface area contributed by atoms with Crippen LogP contribution in [0.3, 0.4) is 0 Å². The van der Waals surface area contributed by atoms with Crippen molar-refractivity contribution in [1.82, 2.24) is 14.9 Å². The molecule has 0 unspecified atom stereocenters. The van der Waals surface area contributed by atoms with Crippen LogP contribution in [0.1, 0.15) is 17.0 Å². The van der Waals surface area contributed by atoms with E-state index < -0.39 is 0 Å². The van der Waals surface area contributed by atoms with Crippen molar-refractivity contribution in [3.8, 4) is 5.75 Å². The van der Waals surface area contributed by atoms with Crippen molar-refractivity contribution >= 4 is 18.0 Å². The Labute approximate surface area is 145 Å². The summed E-state index contributed by atoms with van der Waals surface area (Å²) in [4.78, 5) is 0. The summed E-state index contributed by atoms with van der Waals surface area (Å²) in [5.41, 5.74) is 2.23. The molecule has 2 aromatic carbocycles. The van der Waals surface area contributed by atoms with Crippen LogP contribution in [0.4, 0.5) is 0 Å².